The van der Waals surface area contributed by atoms with Gasteiger partial charge >= 0.3 is 0 Å². The maximum Gasteiger partial charge on any atom is 0.164 e. The third kappa shape index (κ3) is 5.20. The van der Waals surface area contributed by atoms with Crippen molar-refractivity contribution in [2.75, 3.05) is 0 Å². The van der Waals surface area contributed by atoms with Gasteiger partial charge in [0.25, 0.3) is 0 Å². The van der Waals surface area contributed by atoms with E-state index in [0.29, 0.717) is 17.5 Å². The van der Waals surface area contributed by atoms with Gasteiger partial charge in [-0.2, -0.15) is 0 Å². The Labute approximate surface area is 293 Å². The highest BCUT2D eigenvalue weighted by molar-refractivity contribution is 6.10. The Morgan fingerprint density at radius 2 is 0.941 bits per heavy atom. The van der Waals surface area contributed by atoms with Gasteiger partial charge in [-0.1, -0.05) is 127 Å². The molecule has 0 aliphatic carbocycles. The molecule has 238 valence electrons. The van der Waals surface area contributed by atoms with E-state index < -0.39 is 0 Å². The zero-order chi connectivity index (χ0) is 33.7. The monoisotopic (exact) mass is 652 g/mol. The fraction of sp³-hybridized carbons (Fsp3) is 0. The number of aromatic nitrogens is 4. The first-order valence-corrected chi connectivity index (χ1v) is 17.0. The van der Waals surface area contributed by atoms with Gasteiger partial charge in [-0.25, -0.2) is 19.9 Å². The third-order valence-corrected chi connectivity index (χ3v) is 9.46. The van der Waals surface area contributed by atoms with Crippen LogP contribution < -0.4 is 0 Å². The Hall–Kier alpha value is -6.98. The molecule has 51 heavy (non-hydrogen) atoms. The van der Waals surface area contributed by atoms with Gasteiger partial charge in [-0.15, -0.1) is 0 Å². The molecule has 0 saturated heterocycles. The number of hydrogen-bond acceptors (Lipinski definition) is 5. The standard InChI is InChI=1S/C46H28N4O/c1-3-12-29(13-4-1)44-48-45(30-14-5-2-6-15-30)50-46(49-44)36-26-34(37-19-11-20-39-38-18-9-10-21-42(38)51-43(37)39)25-35(27-36)40-23-22-33-24-31-16-7-8-17-32(31)28-41(33)47-40/h1-28H. The maximum absolute atomic E-state index is 6.52. The second-order valence-electron chi connectivity index (χ2n) is 12.7. The molecule has 0 aliphatic rings. The topological polar surface area (TPSA) is 64.7 Å². The predicted octanol–water partition coefficient (Wildman–Crippen LogP) is 11.8. The summed E-state index contributed by atoms with van der Waals surface area (Å²) in [6.45, 7) is 0. The first kappa shape index (κ1) is 29.0. The van der Waals surface area contributed by atoms with E-state index in [2.05, 4.69) is 91.0 Å². The van der Waals surface area contributed by atoms with E-state index in [1.165, 1.54) is 5.39 Å². The van der Waals surface area contributed by atoms with Crippen LogP contribution in [0.3, 0.4) is 0 Å². The van der Waals surface area contributed by atoms with E-state index in [1.54, 1.807) is 0 Å². The Bertz CT molecular complexity index is 2860. The molecule has 0 spiro atoms. The molecule has 3 aromatic heterocycles. The van der Waals surface area contributed by atoms with E-state index in [0.717, 1.165) is 77.3 Å². The van der Waals surface area contributed by atoms with Gasteiger partial charge in [-0.05, 0) is 58.8 Å². The van der Waals surface area contributed by atoms with Crippen molar-refractivity contribution in [2.24, 2.45) is 0 Å². The highest BCUT2D eigenvalue weighted by Crippen LogP contribution is 2.39. The number of rotatable bonds is 5. The lowest BCUT2D eigenvalue weighted by Crippen LogP contribution is -2.00. The van der Waals surface area contributed by atoms with Crippen LogP contribution in [0.25, 0.3) is 100 Å². The van der Waals surface area contributed by atoms with Crippen LogP contribution in [0.5, 0.6) is 0 Å². The van der Waals surface area contributed by atoms with Crippen LogP contribution in [0.2, 0.25) is 0 Å². The number of furan rings is 1. The van der Waals surface area contributed by atoms with E-state index >= 15 is 0 Å². The maximum atomic E-state index is 6.52. The van der Waals surface area contributed by atoms with Crippen LogP contribution >= 0.6 is 0 Å². The number of nitrogens with zero attached hydrogens (tertiary/aromatic N) is 4. The summed E-state index contributed by atoms with van der Waals surface area (Å²) in [5.74, 6) is 1.80. The van der Waals surface area contributed by atoms with Crippen LogP contribution in [-0.2, 0) is 0 Å². The highest BCUT2D eigenvalue weighted by atomic mass is 16.3. The molecule has 0 unspecified atom stereocenters. The van der Waals surface area contributed by atoms with Gasteiger partial charge in [-0.3, -0.25) is 0 Å². The van der Waals surface area contributed by atoms with Crippen LogP contribution in [0.4, 0.5) is 0 Å². The fourth-order valence-corrected chi connectivity index (χ4v) is 6.94. The van der Waals surface area contributed by atoms with Crippen LogP contribution in [0, 0.1) is 0 Å². The van der Waals surface area contributed by atoms with Gasteiger partial charge in [0.15, 0.2) is 17.5 Å². The second kappa shape index (κ2) is 11.9. The molecule has 0 radical (unpaired) electrons. The zero-order valence-corrected chi connectivity index (χ0v) is 27.4. The molecule has 0 fully saturated rings. The van der Waals surface area contributed by atoms with Crippen molar-refractivity contribution >= 4 is 43.6 Å². The molecule has 7 aromatic carbocycles. The number of benzene rings is 7. The number of para-hydroxylation sites is 2. The summed E-state index contributed by atoms with van der Waals surface area (Å²) in [5.41, 5.74) is 9.11. The van der Waals surface area contributed by atoms with E-state index in [1.807, 2.05) is 78.9 Å². The smallest absolute Gasteiger partial charge is 0.164 e. The lowest BCUT2D eigenvalue weighted by atomic mass is 9.96. The van der Waals surface area contributed by atoms with Crippen molar-refractivity contribution in [2.45, 2.75) is 0 Å². The van der Waals surface area contributed by atoms with Crippen LogP contribution in [0.1, 0.15) is 0 Å². The molecular weight excluding hydrogens is 625 g/mol. The minimum Gasteiger partial charge on any atom is -0.455 e. The number of fused-ring (bicyclic) bond motifs is 5. The van der Waals surface area contributed by atoms with Crippen molar-refractivity contribution in [3.05, 3.63) is 170 Å². The van der Waals surface area contributed by atoms with Gasteiger partial charge in [0.05, 0.1) is 11.2 Å². The normalized spacial score (nSPS) is 11.5. The van der Waals surface area contributed by atoms with E-state index in [4.69, 9.17) is 24.4 Å². The van der Waals surface area contributed by atoms with Gasteiger partial charge in [0, 0.05) is 44.0 Å². The number of pyridine rings is 1. The summed E-state index contributed by atoms with van der Waals surface area (Å²) in [4.78, 5) is 20.3. The SMILES string of the molecule is c1ccc(-c2nc(-c3ccccc3)nc(-c3cc(-c4ccc5cc6ccccc6cc5n4)cc(-c4cccc5c4oc4ccccc45)c3)n2)cc1. The van der Waals surface area contributed by atoms with Gasteiger partial charge in [0.2, 0.25) is 0 Å². The van der Waals surface area contributed by atoms with Crippen molar-refractivity contribution in [1.29, 1.82) is 0 Å². The summed E-state index contributed by atoms with van der Waals surface area (Å²) >= 11 is 0. The molecule has 0 atom stereocenters. The molecule has 0 aliphatic heterocycles. The number of hydrogen-bond donors (Lipinski definition) is 0. The Kier molecular flexibility index (Phi) is 6.74. The minimum atomic E-state index is 0.578. The van der Waals surface area contributed by atoms with E-state index in [-0.39, 0.29) is 0 Å². The Morgan fingerprint density at radius 3 is 1.69 bits per heavy atom. The molecule has 10 rings (SSSR count). The molecule has 5 nitrogen and oxygen atoms in total. The molecule has 0 saturated carbocycles. The Morgan fingerprint density at radius 1 is 0.353 bits per heavy atom. The first-order valence-electron chi connectivity index (χ1n) is 17.0. The molecule has 0 N–H and O–H groups in total. The average Bonchev–Trinajstić information content (AvgIpc) is 3.59. The summed E-state index contributed by atoms with van der Waals surface area (Å²) in [6, 6.07) is 58.1. The molecule has 0 bridgehead atoms. The Balaban J connectivity index is 1.23. The average molecular weight is 653 g/mol. The molecular formula is C46H28N4O. The molecule has 3 heterocycles. The molecule has 0 amide bonds. The molecule has 5 heteroatoms. The summed E-state index contributed by atoms with van der Waals surface area (Å²) in [7, 11) is 0. The van der Waals surface area contributed by atoms with Crippen molar-refractivity contribution in [3.63, 3.8) is 0 Å². The largest absolute Gasteiger partial charge is 0.455 e. The molecule has 10 aromatic rings. The van der Waals surface area contributed by atoms with Crippen molar-refractivity contribution < 1.29 is 4.42 Å². The van der Waals surface area contributed by atoms with Gasteiger partial charge < -0.3 is 4.42 Å². The minimum absolute atomic E-state index is 0.578. The van der Waals surface area contributed by atoms with Crippen molar-refractivity contribution in [1.82, 2.24) is 19.9 Å². The van der Waals surface area contributed by atoms with Gasteiger partial charge in [0.1, 0.15) is 11.2 Å². The lowest BCUT2D eigenvalue weighted by molar-refractivity contribution is 0.670. The third-order valence-electron chi connectivity index (χ3n) is 9.46. The lowest BCUT2D eigenvalue weighted by Gasteiger charge is -2.13. The van der Waals surface area contributed by atoms with Crippen LogP contribution in [0.15, 0.2) is 174 Å². The quantitative estimate of drug-likeness (QED) is 0.173. The van der Waals surface area contributed by atoms with E-state index in [9.17, 15) is 0 Å². The second-order valence-corrected chi connectivity index (χ2v) is 12.7. The summed E-state index contributed by atoms with van der Waals surface area (Å²) in [5, 5.41) is 5.61. The first-order chi connectivity index (χ1) is 25.2. The van der Waals surface area contributed by atoms with Crippen LogP contribution in [-0.4, -0.2) is 19.9 Å². The fourth-order valence-electron chi connectivity index (χ4n) is 6.94. The predicted molar refractivity (Wildman–Crippen MR) is 207 cm³/mol. The van der Waals surface area contributed by atoms with Crippen molar-refractivity contribution in [3.8, 4) is 56.5 Å². The zero-order valence-electron chi connectivity index (χ0n) is 27.4. The summed E-state index contributed by atoms with van der Waals surface area (Å²) < 4.78 is 6.52. The highest BCUT2D eigenvalue weighted by Gasteiger charge is 2.18. The summed E-state index contributed by atoms with van der Waals surface area (Å²) in [6.07, 6.45) is 0.